The average Bonchev–Trinajstić information content (AvgIpc) is 3.20. The highest BCUT2D eigenvalue weighted by atomic mass is 32.1. The van der Waals surface area contributed by atoms with Gasteiger partial charge in [0.25, 0.3) is 5.91 Å². The minimum Gasteiger partial charge on any atom is -0.365 e. The zero-order chi connectivity index (χ0) is 14.7. The third-order valence-corrected chi connectivity index (χ3v) is 4.51. The maximum atomic E-state index is 12.2. The summed E-state index contributed by atoms with van der Waals surface area (Å²) < 4.78 is 0. The Morgan fingerprint density at radius 2 is 1.86 bits per heavy atom. The van der Waals surface area contributed by atoms with E-state index in [1.165, 1.54) is 11.3 Å². The van der Waals surface area contributed by atoms with E-state index in [0.29, 0.717) is 32.6 Å². The molecule has 3 heterocycles. The van der Waals surface area contributed by atoms with Crippen LogP contribution in [0.3, 0.4) is 0 Å². The number of aromatic amines is 1. The first-order valence-electron chi connectivity index (χ1n) is 6.97. The molecule has 21 heavy (non-hydrogen) atoms. The second-order valence-electron chi connectivity index (χ2n) is 5.02. The topological polar surface area (TPSA) is 56.4 Å². The van der Waals surface area contributed by atoms with Gasteiger partial charge >= 0.3 is 0 Å². The van der Waals surface area contributed by atoms with Gasteiger partial charge in [0.15, 0.2) is 0 Å². The fourth-order valence-electron chi connectivity index (χ4n) is 2.47. The van der Waals surface area contributed by atoms with E-state index in [9.17, 15) is 9.59 Å². The molecule has 1 saturated heterocycles. The van der Waals surface area contributed by atoms with Crippen molar-refractivity contribution in [3.8, 4) is 0 Å². The quantitative estimate of drug-likeness (QED) is 0.936. The highest BCUT2D eigenvalue weighted by Crippen LogP contribution is 2.14. The smallest absolute Gasteiger partial charge is 0.264 e. The minimum atomic E-state index is 0.0708. The summed E-state index contributed by atoms with van der Waals surface area (Å²) in [6.07, 6.45) is 2.21. The molecule has 0 aromatic carbocycles. The summed E-state index contributed by atoms with van der Waals surface area (Å²) >= 11 is 1.46. The Kier molecular flexibility index (Phi) is 4.06. The lowest BCUT2D eigenvalue weighted by atomic mass is 10.2. The van der Waals surface area contributed by atoms with Crippen LogP contribution in [0.2, 0.25) is 0 Å². The molecule has 1 aliphatic rings. The van der Waals surface area contributed by atoms with Crippen molar-refractivity contribution in [2.45, 2.75) is 6.42 Å². The molecule has 1 fully saturated rings. The largest absolute Gasteiger partial charge is 0.365 e. The average molecular weight is 303 g/mol. The molecule has 2 amide bonds. The maximum absolute atomic E-state index is 12.2. The number of nitrogens with one attached hydrogen (secondary N) is 1. The van der Waals surface area contributed by atoms with E-state index in [1.807, 2.05) is 45.6 Å². The second-order valence-corrected chi connectivity index (χ2v) is 5.97. The van der Waals surface area contributed by atoms with Gasteiger partial charge in [-0.05, 0) is 23.6 Å². The van der Waals surface area contributed by atoms with Gasteiger partial charge in [-0.25, -0.2) is 0 Å². The van der Waals surface area contributed by atoms with Gasteiger partial charge < -0.3 is 14.8 Å². The first-order chi connectivity index (χ1) is 10.2. The Morgan fingerprint density at radius 1 is 1.10 bits per heavy atom. The predicted molar refractivity (Wildman–Crippen MR) is 81.3 cm³/mol. The molecule has 0 radical (unpaired) electrons. The Balaban J connectivity index is 1.53. The first-order valence-corrected chi connectivity index (χ1v) is 7.85. The molecule has 110 valence electrons. The molecule has 2 aromatic heterocycles. The van der Waals surface area contributed by atoms with Crippen LogP contribution in [0.15, 0.2) is 35.8 Å². The van der Waals surface area contributed by atoms with Crippen molar-refractivity contribution in [2.75, 3.05) is 26.2 Å². The molecule has 3 rings (SSSR count). The number of carbonyl (C=O) groups excluding carboxylic acids is 2. The number of hydrogen-bond acceptors (Lipinski definition) is 3. The van der Waals surface area contributed by atoms with Crippen molar-refractivity contribution in [3.05, 3.63) is 46.4 Å². The molecule has 0 bridgehead atoms. The normalized spacial score (nSPS) is 15.2. The molecule has 0 aliphatic carbocycles. The van der Waals surface area contributed by atoms with Crippen LogP contribution in [0.4, 0.5) is 0 Å². The summed E-state index contributed by atoms with van der Waals surface area (Å²) in [6.45, 7) is 2.42. The monoisotopic (exact) mass is 303 g/mol. The number of rotatable bonds is 3. The lowest BCUT2D eigenvalue weighted by molar-refractivity contribution is -0.132. The van der Waals surface area contributed by atoms with Gasteiger partial charge in [0.1, 0.15) is 0 Å². The van der Waals surface area contributed by atoms with Crippen LogP contribution >= 0.6 is 11.3 Å². The highest BCUT2D eigenvalue weighted by molar-refractivity contribution is 7.12. The van der Waals surface area contributed by atoms with Crippen molar-refractivity contribution < 1.29 is 9.59 Å². The molecule has 1 aliphatic heterocycles. The van der Waals surface area contributed by atoms with Gasteiger partial charge in [-0.3, -0.25) is 9.59 Å². The summed E-state index contributed by atoms with van der Waals surface area (Å²) in [7, 11) is 0. The van der Waals surface area contributed by atoms with Gasteiger partial charge in [0.2, 0.25) is 5.91 Å². The SMILES string of the molecule is O=C(Cc1ccc[nH]1)N1CCN(C(=O)c2cccs2)CC1. The zero-order valence-corrected chi connectivity index (χ0v) is 12.4. The van der Waals surface area contributed by atoms with E-state index in [2.05, 4.69) is 4.98 Å². The summed E-state index contributed by atoms with van der Waals surface area (Å²) in [6, 6.07) is 7.53. The van der Waals surface area contributed by atoms with Crippen molar-refractivity contribution in [1.82, 2.24) is 14.8 Å². The first kappa shape index (κ1) is 13.9. The molecule has 0 atom stereocenters. The van der Waals surface area contributed by atoms with Crippen molar-refractivity contribution in [3.63, 3.8) is 0 Å². The van der Waals surface area contributed by atoms with Gasteiger partial charge in [0.05, 0.1) is 11.3 Å². The van der Waals surface area contributed by atoms with Crippen LogP contribution in [-0.4, -0.2) is 52.8 Å². The molecule has 6 heteroatoms. The van der Waals surface area contributed by atoms with Crippen LogP contribution in [0.25, 0.3) is 0 Å². The van der Waals surface area contributed by atoms with Crippen LogP contribution < -0.4 is 0 Å². The number of H-pyrrole nitrogens is 1. The third-order valence-electron chi connectivity index (χ3n) is 3.66. The second kappa shape index (κ2) is 6.13. The van der Waals surface area contributed by atoms with Crippen LogP contribution in [0.1, 0.15) is 15.4 Å². The van der Waals surface area contributed by atoms with E-state index in [0.717, 1.165) is 10.6 Å². The molecule has 0 unspecified atom stereocenters. The van der Waals surface area contributed by atoms with E-state index in [1.54, 1.807) is 0 Å². The number of carbonyl (C=O) groups is 2. The van der Waals surface area contributed by atoms with E-state index in [4.69, 9.17) is 0 Å². The summed E-state index contributed by atoms with van der Waals surface area (Å²) in [5.41, 5.74) is 0.928. The van der Waals surface area contributed by atoms with E-state index >= 15 is 0 Å². The van der Waals surface area contributed by atoms with Crippen LogP contribution in [0.5, 0.6) is 0 Å². The highest BCUT2D eigenvalue weighted by Gasteiger charge is 2.25. The lowest BCUT2D eigenvalue weighted by Gasteiger charge is -2.34. The molecule has 1 N–H and O–H groups in total. The molecular formula is C15H17N3O2S. The van der Waals surface area contributed by atoms with Crippen molar-refractivity contribution >= 4 is 23.2 Å². The lowest BCUT2D eigenvalue weighted by Crippen LogP contribution is -2.50. The molecular weight excluding hydrogens is 286 g/mol. The fourth-order valence-corrected chi connectivity index (χ4v) is 3.16. The Bertz CT molecular complexity index is 599. The standard InChI is InChI=1S/C15H17N3O2S/c19-14(11-12-3-1-5-16-12)17-6-8-18(9-7-17)15(20)13-4-2-10-21-13/h1-5,10,16H,6-9,11H2. The van der Waals surface area contributed by atoms with Gasteiger partial charge in [-0.15, -0.1) is 11.3 Å². The number of hydrogen-bond donors (Lipinski definition) is 1. The number of nitrogens with zero attached hydrogens (tertiary/aromatic N) is 2. The Morgan fingerprint density at radius 3 is 2.48 bits per heavy atom. The summed E-state index contributed by atoms with van der Waals surface area (Å²) in [4.78, 5) is 31.9. The van der Waals surface area contributed by atoms with Crippen LogP contribution in [0, 0.1) is 0 Å². The van der Waals surface area contributed by atoms with E-state index in [-0.39, 0.29) is 11.8 Å². The molecule has 2 aromatic rings. The summed E-state index contributed by atoms with van der Waals surface area (Å²) in [5, 5.41) is 1.91. The molecule has 5 nitrogen and oxygen atoms in total. The number of piperazine rings is 1. The van der Waals surface area contributed by atoms with Gasteiger partial charge in [-0.1, -0.05) is 6.07 Å². The van der Waals surface area contributed by atoms with Crippen molar-refractivity contribution in [2.24, 2.45) is 0 Å². The number of aromatic nitrogens is 1. The Hall–Kier alpha value is -2.08. The maximum Gasteiger partial charge on any atom is 0.264 e. The Labute approximate surface area is 127 Å². The molecule has 0 saturated carbocycles. The van der Waals surface area contributed by atoms with Gasteiger partial charge in [-0.2, -0.15) is 0 Å². The number of amides is 2. The van der Waals surface area contributed by atoms with Gasteiger partial charge in [0, 0.05) is 38.1 Å². The summed E-state index contributed by atoms with van der Waals surface area (Å²) in [5.74, 6) is 0.183. The zero-order valence-electron chi connectivity index (χ0n) is 11.6. The number of thiophene rings is 1. The van der Waals surface area contributed by atoms with Crippen molar-refractivity contribution in [1.29, 1.82) is 0 Å². The minimum absolute atomic E-state index is 0.0708. The fraction of sp³-hybridized carbons (Fsp3) is 0.333. The van der Waals surface area contributed by atoms with E-state index < -0.39 is 0 Å². The molecule has 0 spiro atoms. The predicted octanol–water partition coefficient (Wildman–Crippen LogP) is 1.60. The van der Waals surface area contributed by atoms with Crippen LogP contribution in [-0.2, 0) is 11.2 Å². The third kappa shape index (κ3) is 3.16.